The minimum absolute atomic E-state index is 0.161. The van der Waals surface area contributed by atoms with Gasteiger partial charge in [-0.2, -0.15) is 0 Å². The summed E-state index contributed by atoms with van der Waals surface area (Å²) in [6.07, 6.45) is 0. The van der Waals surface area contributed by atoms with Crippen LogP contribution in [0.1, 0.15) is 36.5 Å². The second-order valence-corrected chi connectivity index (χ2v) is 5.92. The van der Waals surface area contributed by atoms with Crippen molar-refractivity contribution in [2.45, 2.75) is 33.2 Å². The Morgan fingerprint density at radius 2 is 1.87 bits per heavy atom. The number of aryl methyl sites for hydroxylation is 1. The number of carbonyl (C=O) groups is 1. The molecule has 3 nitrogen and oxygen atoms in total. The zero-order valence-corrected chi connectivity index (χ0v) is 13.8. The van der Waals surface area contributed by atoms with Crippen LogP contribution in [0.4, 0.5) is 10.1 Å². The van der Waals surface area contributed by atoms with E-state index in [9.17, 15) is 9.18 Å². The lowest BCUT2D eigenvalue weighted by atomic mass is 9.98. The van der Waals surface area contributed by atoms with Crippen molar-refractivity contribution in [3.8, 4) is 0 Å². The van der Waals surface area contributed by atoms with Crippen molar-refractivity contribution in [2.24, 2.45) is 0 Å². The van der Waals surface area contributed by atoms with Gasteiger partial charge in [-0.15, -0.1) is 0 Å². The van der Waals surface area contributed by atoms with Gasteiger partial charge in [0.15, 0.2) is 0 Å². The summed E-state index contributed by atoms with van der Waals surface area (Å²) in [5.74, 6) is -0.0909. The summed E-state index contributed by atoms with van der Waals surface area (Å²) in [5, 5.41) is 5.94. The van der Waals surface area contributed by atoms with E-state index in [0.717, 1.165) is 11.3 Å². The Bertz CT molecular complexity index is 683. The average molecular weight is 314 g/mol. The van der Waals surface area contributed by atoms with Crippen molar-refractivity contribution >= 4 is 11.6 Å². The van der Waals surface area contributed by atoms with Crippen molar-refractivity contribution in [1.82, 2.24) is 5.32 Å². The third kappa shape index (κ3) is 4.55. The number of rotatable bonds is 6. The average Bonchev–Trinajstić information content (AvgIpc) is 2.52. The fourth-order valence-electron chi connectivity index (χ4n) is 2.48. The highest BCUT2D eigenvalue weighted by atomic mass is 19.1. The Morgan fingerprint density at radius 3 is 2.57 bits per heavy atom. The normalized spacial score (nSPS) is 10.7. The summed E-state index contributed by atoms with van der Waals surface area (Å²) in [6, 6.07) is 12.6. The lowest BCUT2D eigenvalue weighted by molar-refractivity contribution is -0.119. The molecular formula is C19H23FN2O. The largest absolute Gasteiger partial charge is 0.376 e. The topological polar surface area (TPSA) is 41.1 Å². The van der Waals surface area contributed by atoms with Crippen LogP contribution in [0.25, 0.3) is 0 Å². The molecule has 0 aromatic heterocycles. The molecule has 2 rings (SSSR count). The number of hydrogen-bond donors (Lipinski definition) is 2. The first-order valence-electron chi connectivity index (χ1n) is 7.82. The van der Waals surface area contributed by atoms with Gasteiger partial charge in [-0.1, -0.05) is 50.2 Å². The van der Waals surface area contributed by atoms with Gasteiger partial charge < -0.3 is 10.6 Å². The molecule has 0 aliphatic rings. The van der Waals surface area contributed by atoms with Crippen molar-refractivity contribution < 1.29 is 9.18 Å². The van der Waals surface area contributed by atoms with Gasteiger partial charge in [-0.05, 0) is 30.0 Å². The molecule has 0 atom stereocenters. The number of anilines is 1. The first-order valence-corrected chi connectivity index (χ1v) is 7.82. The maximum atomic E-state index is 13.5. The molecule has 122 valence electrons. The number of hydrogen-bond acceptors (Lipinski definition) is 2. The van der Waals surface area contributed by atoms with Crippen LogP contribution in [0, 0.1) is 12.7 Å². The predicted octanol–water partition coefficient (Wildman–Crippen LogP) is 3.99. The van der Waals surface area contributed by atoms with Crippen LogP contribution in [0.15, 0.2) is 42.5 Å². The first-order chi connectivity index (χ1) is 11.0. The number of nitrogens with one attached hydrogen (secondary N) is 2. The molecule has 0 bridgehead atoms. The molecule has 23 heavy (non-hydrogen) atoms. The van der Waals surface area contributed by atoms with Crippen LogP contribution < -0.4 is 10.6 Å². The van der Waals surface area contributed by atoms with E-state index in [1.54, 1.807) is 18.2 Å². The van der Waals surface area contributed by atoms with Crippen LogP contribution in [0.3, 0.4) is 0 Å². The van der Waals surface area contributed by atoms with E-state index in [4.69, 9.17) is 0 Å². The van der Waals surface area contributed by atoms with Gasteiger partial charge in [0.2, 0.25) is 5.91 Å². The zero-order valence-electron chi connectivity index (χ0n) is 13.8. The van der Waals surface area contributed by atoms with Gasteiger partial charge in [0.1, 0.15) is 5.82 Å². The molecule has 0 radical (unpaired) electrons. The summed E-state index contributed by atoms with van der Waals surface area (Å²) >= 11 is 0. The number of benzene rings is 2. The molecule has 0 aliphatic heterocycles. The van der Waals surface area contributed by atoms with Gasteiger partial charge >= 0.3 is 0 Å². The molecule has 2 N–H and O–H groups in total. The number of para-hydroxylation sites is 1. The Morgan fingerprint density at radius 1 is 1.13 bits per heavy atom. The van der Waals surface area contributed by atoms with Crippen LogP contribution >= 0.6 is 0 Å². The van der Waals surface area contributed by atoms with Crippen molar-refractivity contribution in [2.75, 3.05) is 11.9 Å². The summed E-state index contributed by atoms with van der Waals surface area (Å²) < 4.78 is 13.5. The molecule has 0 aliphatic carbocycles. The minimum Gasteiger partial charge on any atom is -0.376 e. The van der Waals surface area contributed by atoms with Crippen molar-refractivity contribution in [3.63, 3.8) is 0 Å². The first kappa shape index (κ1) is 17.0. The maximum absolute atomic E-state index is 13.5. The van der Waals surface area contributed by atoms with Gasteiger partial charge in [0.05, 0.1) is 6.54 Å². The second kappa shape index (κ2) is 7.77. The summed E-state index contributed by atoms with van der Waals surface area (Å²) in [6.45, 7) is 6.62. The van der Waals surface area contributed by atoms with Gasteiger partial charge in [-0.25, -0.2) is 4.39 Å². The Kier molecular flexibility index (Phi) is 5.74. The van der Waals surface area contributed by atoms with E-state index in [0.29, 0.717) is 11.5 Å². The highest BCUT2D eigenvalue weighted by molar-refractivity contribution is 5.81. The van der Waals surface area contributed by atoms with E-state index < -0.39 is 0 Å². The quantitative estimate of drug-likeness (QED) is 0.846. The lowest BCUT2D eigenvalue weighted by Crippen LogP contribution is -2.30. The SMILES string of the molecule is Cc1cccc(C(C)C)c1NCC(=O)NCc1ccccc1F. The van der Waals surface area contributed by atoms with Crippen LogP contribution in [0.5, 0.6) is 0 Å². The molecule has 0 unspecified atom stereocenters. The molecule has 2 aromatic carbocycles. The standard InChI is InChI=1S/C19H23FN2O/c1-13(2)16-9-6-7-14(3)19(16)22-12-18(23)21-11-15-8-4-5-10-17(15)20/h4-10,13,22H,11-12H2,1-3H3,(H,21,23). The Balaban J connectivity index is 1.94. The van der Waals surface area contributed by atoms with Crippen LogP contribution in [0.2, 0.25) is 0 Å². The molecule has 0 saturated heterocycles. The Labute approximate surface area is 136 Å². The smallest absolute Gasteiger partial charge is 0.239 e. The number of carbonyl (C=O) groups excluding carboxylic acids is 1. The monoisotopic (exact) mass is 314 g/mol. The van der Waals surface area contributed by atoms with Gasteiger partial charge in [-0.3, -0.25) is 4.79 Å². The highest BCUT2D eigenvalue weighted by Crippen LogP contribution is 2.27. The highest BCUT2D eigenvalue weighted by Gasteiger charge is 2.10. The minimum atomic E-state index is -0.304. The molecule has 2 aromatic rings. The van der Waals surface area contributed by atoms with E-state index in [-0.39, 0.29) is 24.8 Å². The third-order valence-electron chi connectivity index (χ3n) is 3.79. The van der Waals surface area contributed by atoms with E-state index in [1.165, 1.54) is 11.6 Å². The van der Waals surface area contributed by atoms with Crippen molar-refractivity contribution in [3.05, 3.63) is 65.0 Å². The van der Waals surface area contributed by atoms with E-state index >= 15 is 0 Å². The third-order valence-corrected chi connectivity index (χ3v) is 3.79. The molecule has 0 heterocycles. The summed E-state index contributed by atoms with van der Waals surface area (Å²) in [5.41, 5.74) is 3.79. The Hall–Kier alpha value is -2.36. The van der Waals surface area contributed by atoms with Gasteiger partial charge in [0, 0.05) is 17.8 Å². The molecule has 0 saturated carbocycles. The van der Waals surface area contributed by atoms with Crippen LogP contribution in [-0.2, 0) is 11.3 Å². The van der Waals surface area contributed by atoms with Crippen LogP contribution in [-0.4, -0.2) is 12.5 Å². The van der Waals surface area contributed by atoms with E-state index in [1.807, 2.05) is 19.1 Å². The second-order valence-electron chi connectivity index (χ2n) is 5.92. The fourth-order valence-corrected chi connectivity index (χ4v) is 2.48. The summed E-state index contributed by atoms with van der Waals surface area (Å²) in [7, 11) is 0. The summed E-state index contributed by atoms with van der Waals surface area (Å²) in [4.78, 5) is 12.0. The fraction of sp³-hybridized carbons (Fsp3) is 0.316. The van der Waals surface area contributed by atoms with Crippen molar-refractivity contribution in [1.29, 1.82) is 0 Å². The lowest BCUT2D eigenvalue weighted by Gasteiger charge is -2.17. The molecule has 4 heteroatoms. The van der Waals surface area contributed by atoms with E-state index in [2.05, 4.69) is 30.5 Å². The zero-order chi connectivity index (χ0) is 16.8. The molecular weight excluding hydrogens is 291 g/mol. The van der Waals surface area contributed by atoms with Gasteiger partial charge in [0.25, 0.3) is 0 Å². The molecule has 0 spiro atoms. The molecule has 1 amide bonds. The number of amides is 1. The predicted molar refractivity (Wildman–Crippen MR) is 92.0 cm³/mol. The molecule has 0 fully saturated rings. The maximum Gasteiger partial charge on any atom is 0.239 e. The number of halogens is 1.